The van der Waals surface area contributed by atoms with Gasteiger partial charge in [-0.3, -0.25) is 9.69 Å². The summed E-state index contributed by atoms with van der Waals surface area (Å²) in [4.78, 5) is 15.3. The van der Waals surface area contributed by atoms with Crippen molar-refractivity contribution in [1.29, 1.82) is 0 Å². The molecule has 0 radical (unpaired) electrons. The number of hydrogen-bond acceptors (Lipinski definition) is 5. The molecule has 1 saturated heterocycles. The summed E-state index contributed by atoms with van der Waals surface area (Å²) in [5, 5.41) is 3.08. The Morgan fingerprint density at radius 2 is 1.71 bits per heavy atom. The lowest BCUT2D eigenvalue weighted by Crippen LogP contribution is -2.37. The number of para-hydroxylation sites is 1. The van der Waals surface area contributed by atoms with Crippen LogP contribution in [0.5, 0.6) is 17.2 Å². The lowest BCUT2D eigenvalue weighted by Gasteiger charge is -2.29. The van der Waals surface area contributed by atoms with Crippen molar-refractivity contribution in [2.45, 2.75) is 18.9 Å². The van der Waals surface area contributed by atoms with Gasteiger partial charge in [-0.15, -0.1) is 0 Å². The van der Waals surface area contributed by atoms with E-state index in [1.54, 1.807) is 39.5 Å². The Hall–Kier alpha value is -2.73. The van der Waals surface area contributed by atoms with E-state index < -0.39 is 0 Å². The molecule has 1 unspecified atom stereocenters. The summed E-state index contributed by atoms with van der Waals surface area (Å²) in [6.07, 6.45) is 2.35. The van der Waals surface area contributed by atoms with Crippen LogP contribution in [0, 0.1) is 0 Å². The molecule has 0 bridgehead atoms. The van der Waals surface area contributed by atoms with Gasteiger partial charge in [-0.25, -0.2) is 0 Å². The third-order valence-corrected chi connectivity index (χ3v) is 5.19. The number of rotatable bonds is 8. The molecule has 1 N–H and O–H groups in total. The zero-order chi connectivity index (χ0) is 19.9. The highest BCUT2D eigenvalue weighted by Crippen LogP contribution is 2.31. The van der Waals surface area contributed by atoms with Crippen LogP contribution >= 0.6 is 0 Å². The Labute approximate surface area is 166 Å². The maximum atomic E-state index is 12.8. The molecule has 0 aromatic heterocycles. The van der Waals surface area contributed by atoms with Crippen LogP contribution in [-0.4, -0.2) is 51.8 Å². The summed E-state index contributed by atoms with van der Waals surface area (Å²) < 4.78 is 16.1. The molecule has 3 rings (SSSR count). The number of nitrogens with one attached hydrogen (secondary N) is 1. The number of methoxy groups -OCH3 is 3. The van der Waals surface area contributed by atoms with E-state index in [0.717, 1.165) is 24.4 Å². The van der Waals surface area contributed by atoms with Gasteiger partial charge in [0.2, 0.25) is 0 Å². The molecule has 1 aliphatic rings. The van der Waals surface area contributed by atoms with E-state index >= 15 is 0 Å². The maximum absolute atomic E-state index is 12.8. The van der Waals surface area contributed by atoms with Gasteiger partial charge in [-0.2, -0.15) is 0 Å². The lowest BCUT2D eigenvalue weighted by molar-refractivity contribution is 0.0934. The Bertz CT molecular complexity index is 803. The molecule has 1 amide bonds. The van der Waals surface area contributed by atoms with Gasteiger partial charge in [-0.05, 0) is 44.1 Å². The van der Waals surface area contributed by atoms with Crippen molar-refractivity contribution in [3.05, 3.63) is 53.6 Å². The number of carbonyl (C=O) groups is 1. The molecule has 0 saturated carbocycles. The average Bonchev–Trinajstić information content (AvgIpc) is 3.28. The number of amides is 1. The molecule has 6 nitrogen and oxygen atoms in total. The molecule has 1 fully saturated rings. The molecular formula is C22H28N2O4. The van der Waals surface area contributed by atoms with Gasteiger partial charge in [0.1, 0.15) is 17.2 Å². The minimum absolute atomic E-state index is 0.0619. The second-order valence-electron chi connectivity index (χ2n) is 6.78. The Morgan fingerprint density at radius 3 is 2.39 bits per heavy atom. The number of ether oxygens (including phenoxy) is 3. The highest BCUT2D eigenvalue weighted by Gasteiger charge is 2.26. The van der Waals surface area contributed by atoms with Crippen molar-refractivity contribution in [2.75, 3.05) is 41.0 Å². The van der Waals surface area contributed by atoms with Gasteiger partial charge < -0.3 is 19.5 Å². The summed E-state index contributed by atoms with van der Waals surface area (Å²) >= 11 is 0. The second kappa shape index (κ2) is 9.46. The second-order valence-corrected chi connectivity index (χ2v) is 6.78. The first-order valence-electron chi connectivity index (χ1n) is 9.55. The van der Waals surface area contributed by atoms with Crippen molar-refractivity contribution in [3.8, 4) is 17.2 Å². The van der Waals surface area contributed by atoms with Crippen LogP contribution in [0.1, 0.15) is 34.8 Å². The van der Waals surface area contributed by atoms with E-state index in [0.29, 0.717) is 23.6 Å². The van der Waals surface area contributed by atoms with Crippen molar-refractivity contribution >= 4 is 5.91 Å². The molecule has 28 heavy (non-hydrogen) atoms. The van der Waals surface area contributed by atoms with E-state index in [1.807, 2.05) is 18.2 Å². The van der Waals surface area contributed by atoms with Gasteiger partial charge in [0.15, 0.2) is 0 Å². The predicted octanol–water partition coefficient (Wildman–Crippen LogP) is 3.28. The topological polar surface area (TPSA) is 60.0 Å². The van der Waals surface area contributed by atoms with Crippen LogP contribution < -0.4 is 19.5 Å². The molecule has 0 spiro atoms. The number of nitrogens with zero attached hydrogens (tertiary/aromatic N) is 1. The number of carbonyl (C=O) groups excluding carboxylic acids is 1. The van der Waals surface area contributed by atoms with Gasteiger partial charge in [0.05, 0.1) is 32.9 Å². The monoisotopic (exact) mass is 384 g/mol. The van der Waals surface area contributed by atoms with Crippen LogP contribution in [0.25, 0.3) is 0 Å². The first kappa shape index (κ1) is 20.0. The van der Waals surface area contributed by atoms with E-state index in [1.165, 1.54) is 12.8 Å². The zero-order valence-corrected chi connectivity index (χ0v) is 16.7. The summed E-state index contributed by atoms with van der Waals surface area (Å²) in [6, 6.07) is 13.3. The Balaban J connectivity index is 1.79. The van der Waals surface area contributed by atoms with E-state index in [-0.39, 0.29) is 11.9 Å². The summed E-state index contributed by atoms with van der Waals surface area (Å²) in [7, 11) is 4.82. The van der Waals surface area contributed by atoms with E-state index in [4.69, 9.17) is 14.2 Å². The molecule has 150 valence electrons. The van der Waals surface area contributed by atoms with E-state index in [2.05, 4.69) is 16.3 Å². The van der Waals surface area contributed by atoms with Crippen molar-refractivity contribution in [1.82, 2.24) is 10.2 Å². The molecule has 1 heterocycles. The van der Waals surface area contributed by atoms with Crippen molar-refractivity contribution in [2.24, 2.45) is 0 Å². The van der Waals surface area contributed by atoms with Crippen LogP contribution in [0.2, 0.25) is 0 Å². The van der Waals surface area contributed by atoms with Crippen molar-refractivity contribution < 1.29 is 19.0 Å². The minimum atomic E-state index is -0.168. The first-order chi connectivity index (χ1) is 13.7. The standard InChI is InChI=1S/C22H28N2O4/c1-26-16-10-11-18(21(14-16)28-3)22(25)23-15-19(24-12-6-7-13-24)17-8-4-5-9-20(17)27-2/h4-5,8-11,14,19H,6-7,12-13,15H2,1-3H3,(H,23,25). The van der Waals surface area contributed by atoms with Crippen LogP contribution in [0.15, 0.2) is 42.5 Å². The molecule has 2 aromatic carbocycles. The zero-order valence-electron chi connectivity index (χ0n) is 16.7. The summed E-state index contributed by atoms with van der Waals surface area (Å²) in [5.41, 5.74) is 1.58. The molecule has 2 aromatic rings. The number of hydrogen-bond donors (Lipinski definition) is 1. The van der Waals surface area contributed by atoms with Crippen LogP contribution in [-0.2, 0) is 0 Å². The largest absolute Gasteiger partial charge is 0.497 e. The van der Waals surface area contributed by atoms with Gasteiger partial charge >= 0.3 is 0 Å². The van der Waals surface area contributed by atoms with Crippen molar-refractivity contribution in [3.63, 3.8) is 0 Å². The molecule has 1 aliphatic heterocycles. The number of benzene rings is 2. The molecule has 1 atom stereocenters. The fourth-order valence-corrected chi connectivity index (χ4v) is 3.70. The summed E-state index contributed by atoms with van der Waals surface area (Å²) in [6.45, 7) is 2.53. The number of likely N-dealkylation sites (tertiary alicyclic amines) is 1. The van der Waals surface area contributed by atoms with Crippen LogP contribution in [0.3, 0.4) is 0 Å². The third kappa shape index (κ3) is 4.39. The molecular weight excluding hydrogens is 356 g/mol. The predicted molar refractivity (Wildman–Crippen MR) is 108 cm³/mol. The molecule has 0 aliphatic carbocycles. The maximum Gasteiger partial charge on any atom is 0.255 e. The summed E-state index contributed by atoms with van der Waals surface area (Å²) in [5.74, 6) is 1.82. The highest BCUT2D eigenvalue weighted by atomic mass is 16.5. The lowest BCUT2D eigenvalue weighted by atomic mass is 10.0. The van der Waals surface area contributed by atoms with E-state index in [9.17, 15) is 4.79 Å². The first-order valence-corrected chi connectivity index (χ1v) is 9.55. The highest BCUT2D eigenvalue weighted by molar-refractivity contribution is 5.97. The van der Waals surface area contributed by atoms with Gasteiger partial charge in [-0.1, -0.05) is 18.2 Å². The minimum Gasteiger partial charge on any atom is -0.497 e. The Kier molecular flexibility index (Phi) is 6.76. The van der Waals surface area contributed by atoms with Crippen LogP contribution in [0.4, 0.5) is 0 Å². The Morgan fingerprint density at radius 1 is 1.00 bits per heavy atom. The SMILES string of the molecule is COc1ccc(C(=O)NCC(c2ccccc2OC)N2CCCC2)c(OC)c1. The third-order valence-electron chi connectivity index (χ3n) is 5.19. The fraction of sp³-hybridized carbons (Fsp3) is 0.409. The van der Waals surface area contributed by atoms with Gasteiger partial charge in [0, 0.05) is 18.2 Å². The average molecular weight is 384 g/mol. The fourth-order valence-electron chi connectivity index (χ4n) is 3.70. The normalized spacial score (nSPS) is 15.1. The van der Waals surface area contributed by atoms with Gasteiger partial charge in [0.25, 0.3) is 5.91 Å². The molecule has 6 heteroatoms. The smallest absolute Gasteiger partial charge is 0.255 e. The quantitative estimate of drug-likeness (QED) is 0.757.